The molecule has 43 heavy (non-hydrogen) atoms. The van der Waals surface area contributed by atoms with Crippen LogP contribution in [0.5, 0.6) is 0 Å². The molecule has 4 N–H and O–H groups in total. The highest BCUT2D eigenvalue weighted by atomic mass is 16.6. The Balaban J connectivity index is 1.42. The molecule has 1 aromatic carbocycles. The number of nitrogens with one attached hydrogen (secondary N) is 3. The van der Waals surface area contributed by atoms with Gasteiger partial charge in [-0.15, -0.1) is 0 Å². The fourth-order valence-corrected chi connectivity index (χ4v) is 5.17. The molecule has 0 aliphatic heterocycles. The zero-order valence-corrected chi connectivity index (χ0v) is 25.2. The van der Waals surface area contributed by atoms with Crippen molar-refractivity contribution in [3.63, 3.8) is 0 Å². The van der Waals surface area contributed by atoms with Crippen LogP contribution in [0.25, 0.3) is 11.1 Å². The lowest BCUT2D eigenvalue weighted by Crippen LogP contribution is -2.32. The number of alkyl carbamates (subject to hydrolysis) is 1. The number of aromatic nitrogens is 3. The van der Waals surface area contributed by atoms with Crippen LogP contribution >= 0.6 is 0 Å². The second-order valence-corrected chi connectivity index (χ2v) is 12.0. The van der Waals surface area contributed by atoms with Crippen LogP contribution in [0.15, 0.2) is 42.9 Å². The van der Waals surface area contributed by atoms with E-state index in [4.69, 9.17) is 4.74 Å². The maximum absolute atomic E-state index is 12.1. The van der Waals surface area contributed by atoms with E-state index in [1.807, 2.05) is 52.0 Å². The first kappa shape index (κ1) is 31.6. The summed E-state index contributed by atoms with van der Waals surface area (Å²) in [7, 11) is 0. The number of hydrogen-bond donors (Lipinski definition) is 4. The number of benzene rings is 1. The Kier molecular flexibility index (Phi) is 10.5. The van der Waals surface area contributed by atoms with Crippen molar-refractivity contribution in [1.82, 2.24) is 20.3 Å². The van der Waals surface area contributed by atoms with Gasteiger partial charge in [0, 0.05) is 44.2 Å². The van der Waals surface area contributed by atoms with Crippen LogP contribution in [0.1, 0.15) is 63.1 Å². The van der Waals surface area contributed by atoms with Crippen LogP contribution in [-0.4, -0.2) is 49.8 Å². The predicted molar refractivity (Wildman–Crippen MR) is 165 cm³/mol. The first-order chi connectivity index (χ1) is 20.5. The maximum Gasteiger partial charge on any atom is 0.407 e. The van der Waals surface area contributed by atoms with Crippen LogP contribution < -0.4 is 16.0 Å². The van der Waals surface area contributed by atoms with Gasteiger partial charge in [0.2, 0.25) is 11.8 Å². The van der Waals surface area contributed by atoms with Gasteiger partial charge in [-0.2, -0.15) is 4.98 Å². The minimum Gasteiger partial charge on any atom is -0.444 e. The number of aliphatic hydroxyl groups excluding tert-OH is 1. The summed E-state index contributed by atoms with van der Waals surface area (Å²) in [6.07, 6.45) is 8.09. The summed E-state index contributed by atoms with van der Waals surface area (Å²) < 4.78 is 5.31. The van der Waals surface area contributed by atoms with Gasteiger partial charge in [0.05, 0.1) is 4.92 Å². The van der Waals surface area contributed by atoms with E-state index in [-0.39, 0.29) is 24.7 Å². The summed E-state index contributed by atoms with van der Waals surface area (Å²) in [6, 6.07) is 7.96. The van der Waals surface area contributed by atoms with E-state index in [9.17, 15) is 20.0 Å². The van der Waals surface area contributed by atoms with Gasteiger partial charge in [0.25, 0.3) is 0 Å². The number of nitrogens with zero attached hydrogens (tertiary/aromatic N) is 4. The topological polar surface area (TPSA) is 164 Å². The van der Waals surface area contributed by atoms with Gasteiger partial charge in [-0.3, -0.25) is 15.1 Å². The molecule has 0 radical (unpaired) electrons. The van der Waals surface area contributed by atoms with Crippen molar-refractivity contribution >= 4 is 23.5 Å². The highest BCUT2D eigenvalue weighted by Crippen LogP contribution is 2.30. The highest BCUT2D eigenvalue weighted by Gasteiger charge is 2.23. The van der Waals surface area contributed by atoms with Crippen molar-refractivity contribution in [1.29, 1.82) is 0 Å². The van der Waals surface area contributed by atoms with Crippen LogP contribution in [0, 0.1) is 28.9 Å². The van der Waals surface area contributed by atoms with Crippen molar-refractivity contribution in [2.45, 2.75) is 72.1 Å². The molecule has 0 unspecified atom stereocenters. The Morgan fingerprint density at radius 3 is 2.53 bits per heavy atom. The molecule has 3 aromatic rings. The quantitative estimate of drug-likeness (QED) is 0.163. The monoisotopic (exact) mass is 591 g/mol. The molecule has 230 valence electrons. The third kappa shape index (κ3) is 9.08. The normalized spacial score (nSPS) is 16.8. The number of carbonyl (C=O) groups is 1. The molecular weight excluding hydrogens is 550 g/mol. The third-order valence-electron chi connectivity index (χ3n) is 7.57. The van der Waals surface area contributed by atoms with E-state index in [1.54, 1.807) is 12.4 Å². The van der Waals surface area contributed by atoms with Crippen molar-refractivity contribution in [2.24, 2.45) is 11.8 Å². The van der Waals surface area contributed by atoms with Gasteiger partial charge in [-0.1, -0.05) is 18.2 Å². The average Bonchev–Trinajstić information content (AvgIpc) is 2.98. The number of amides is 1. The summed E-state index contributed by atoms with van der Waals surface area (Å²) in [4.78, 5) is 36.2. The minimum atomic E-state index is -0.576. The summed E-state index contributed by atoms with van der Waals surface area (Å²) in [6.45, 7) is 8.96. The van der Waals surface area contributed by atoms with Crippen LogP contribution in [-0.2, 0) is 17.8 Å². The molecule has 1 saturated carbocycles. The fraction of sp³-hybridized carbons (Fsp3) is 0.484. The predicted octanol–water partition coefficient (Wildman–Crippen LogP) is 5.60. The van der Waals surface area contributed by atoms with E-state index >= 15 is 0 Å². The van der Waals surface area contributed by atoms with E-state index in [1.165, 1.54) is 6.20 Å². The van der Waals surface area contributed by atoms with Crippen molar-refractivity contribution < 1.29 is 19.6 Å². The number of carbonyl (C=O) groups excluding carboxylic acids is 1. The van der Waals surface area contributed by atoms with Crippen molar-refractivity contribution in [3.8, 4) is 11.1 Å². The smallest absolute Gasteiger partial charge is 0.407 e. The second-order valence-electron chi connectivity index (χ2n) is 12.0. The van der Waals surface area contributed by atoms with Gasteiger partial charge in [-0.05, 0) is 93.5 Å². The number of rotatable bonds is 11. The first-order valence-electron chi connectivity index (χ1n) is 14.6. The zero-order chi connectivity index (χ0) is 31.0. The van der Waals surface area contributed by atoms with Crippen molar-refractivity contribution in [2.75, 3.05) is 23.8 Å². The van der Waals surface area contributed by atoms with E-state index in [2.05, 4.69) is 30.9 Å². The molecule has 1 fully saturated rings. The molecule has 12 nitrogen and oxygen atoms in total. The molecule has 1 aliphatic carbocycles. The fourth-order valence-electron chi connectivity index (χ4n) is 5.17. The molecule has 0 atom stereocenters. The number of hydrogen-bond acceptors (Lipinski definition) is 10. The average molecular weight is 592 g/mol. The summed E-state index contributed by atoms with van der Waals surface area (Å²) >= 11 is 0. The van der Waals surface area contributed by atoms with Crippen LogP contribution in [0.2, 0.25) is 0 Å². The highest BCUT2D eigenvalue weighted by molar-refractivity contribution is 5.70. The number of nitro groups is 1. The van der Waals surface area contributed by atoms with E-state index in [0.717, 1.165) is 53.5 Å². The summed E-state index contributed by atoms with van der Waals surface area (Å²) in [5, 5.41) is 30.1. The molecule has 2 aromatic heterocycles. The summed E-state index contributed by atoms with van der Waals surface area (Å²) in [5.41, 5.74) is 4.05. The Bertz CT molecular complexity index is 1420. The van der Waals surface area contributed by atoms with Gasteiger partial charge in [0.1, 0.15) is 11.8 Å². The van der Waals surface area contributed by atoms with E-state index < -0.39 is 16.6 Å². The molecule has 0 spiro atoms. The van der Waals surface area contributed by atoms with E-state index in [0.29, 0.717) is 30.9 Å². The number of pyridine rings is 1. The van der Waals surface area contributed by atoms with Crippen molar-refractivity contribution in [3.05, 3.63) is 69.7 Å². The van der Waals surface area contributed by atoms with Gasteiger partial charge < -0.3 is 25.8 Å². The molecule has 1 amide bonds. The zero-order valence-electron chi connectivity index (χ0n) is 25.2. The van der Waals surface area contributed by atoms with Crippen LogP contribution in [0.4, 0.5) is 22.2 Å². The minimum absolute atomic E-state index is 0.165. The molecule has 2 heterocycles. The lowest BCUT2D eigenvalue weighted by atomic mass is 9.82. The molecular formula is C31H41N7O5. The summed E-state index contributed by atoms with van der Waals surface area (Å²) in [5.74, 6) is 1.21. The maximum atomic E-state index is 12.1. The molecule has 1 aliphatic rings. The lowest BCUT2D eigenvalue weighted by molar-refractivity contribution is -0.384. The van der Waals surface area contributed by atoms with Crippen LogP contribution in [0.3, 0.4) is 0 Å². The number of ether oxygens (including phenoxy) is 1. The molecule has 4 rings (SSSR count). The molecule has 0 bridgehead atoms. The molecule has 0 saturated heterocycles. The Morgan fingerprint density at radius 2 is 1.84 bits per heavy atom. The third-order valence-corrected chi connectivity index (χ3v) is 7.57. The Hall–Kier alpha value is -4.32. The lowest BCUT2D eigenvalue weighted by Gasteiger charge is -2.27. The number of aliphatic hydroxyl groups is 1. The Labute approximate surface area is 251 Å². The number of anilines is 2. The first-order valence-corrected chi connectivity index (χ1v) is 14.6. The van der Waals surface area contributed by atoms with Gasteiger partial charge in [-0.25, -0.2) is 9.78 Å². The Morgan fingerprint density at radius 1 is 1.09 bits per heavy atom. The largest absolute Gasteiger partial charge is 0.444 e. The SMILES string of the molecule is Cc1c(CNc2ncc([N+](=O)[O-])c(NCC3CCC(CO)CC3)n2)cccc1-c1cncc(CNC(=O)OC(C)(C)C)c1. The second kappa shape index (κ2) is 14.2. The van der Waals surface area contributed by atoms with Gasteiger partial charge >= 0.3 is 11.8 Å². The van der Waals surface area contributed by atoms with Gasteiger partial charge in [0.15, 0.2) is 0 Å². The standard InChI is InChI=1S/C31H41N7O5/c1-20-24(6-5-7-26(20)25-12-23(13-32-16-25)15-36-30(40)43-31(2,3)4)17-34-29-35-18-27(38(41)42)28(37-29)33-14-21-8-10-22(19-39)11-9-21/h5-7,12-13,16,18,21-22,39H,8-11,14-15,17,19H2,1-4H3,(H,36,40)(H2,33,34,35,37). The molecule has 12 heteroatoms.